The minimum Gasteiger partial charge on any atom is -0.316 e. The lowest BCUT2D eigenvalue weighted by atomic mass is 9.83. The van der Waals surface area contributed by atoms with E-state index in [1.165, 1.54) is 58.0 Å². The van der Waals surface area contributed by atoms with Crippen molar-refractivity contribution in [1.82, 2.24) is 5.32 Å². The predicted octanol–water partition coefficient (Wildman–Crippen LogP) is 3.59. The zero-order valence-corrected chi connectivity index (χ0v) is 10.5. The Bertz CT molecular complexity index is 188. The fourth-order valence-electron chi connectivity index (χ4n) is 2.91. The van der Waals surface area contributed by atoms with Crippen LogP contribution in [-0.4, -0.2) is 13.1 Å². The van der Waals surface area contributed by atoms with E-state index in [1.54, 1.807) is 0 Å². The van der Waals surface area contributed by atoms with Crippen LogP contribution in [-0.2, 0) is 0 Å². The van der Waals surface area contributed by atoms with Gasteiger partial charge in [-0.05, 0) is 55.9 Å². The molecule has 0 unspecified atom stereocenters. The van der Waals surface area contributed by atoms with Crippen LogP contribution in [0.3, 0.4) is 0 Å². The molecule has 88 valence electrons. The highest BCUT2D eigenvalue weighted by molar-refractivity contribution is 4.93. The summed E-state index contributed by atoms with van der Waals surface area (Å²) in [6.07, 6.45) is 10.2. The van der Waals surface area contributed by atoms with E-state index in [9.17, 15) is 0 Å². The fraction of sp³-hybridized carbons (Fsp3) is 1.00. The minimum atomic E-state index is 0.724. The summed E-state index contributed by atoms with van der Waals surface area (Å²) in [4.78, 5) is 0. The van der Waals surface area contributed by atoms with Gasteiger partial charge in [0.2, 0.25) is 0 Å². The van der Waals surface area contributed by atoms with Gasteiger partial charge in [0.1, 0.15) is 0 Å². The van der Waals surface area contributed by atoms with Crippen LogP contribution < -0.4 is 5.32 Å². The summed E-state index contributed by atoms with van der Waals surface area (Å²) in [6, 6.07) is 0. The number of hydrogen-bond donors (Lipinski definition) is 1. The van der Waals surface area contributed by atoms with Crippen LogP contribution in [0.15, 0.2) is 0 Å². The van der Waals surface area contributed by atoms with Crippen LogP contribution in [0.2, 0.25) is 0 Å². The van der Waals surface area contributed by atoms with Gasteiger partial charge in [0.25, 0.3) is 0 Å². The monoisotopic (exact) mass is 209 g/mol. The van der Waals surface area contributed by atoms with Crippen LogP contribution in [0.25, 0.3) is 0 Å². The van der Waals surface area contributed by atoms with E-state index in [1.807, 2.05) is 0 Å². The van der Waals surface area contributed by atoms with Gasteiger partial charge in [0, 0.05) is 6.54 Å². The maximum absolute atomic E-state index is 3.72. The van der Waals surface area contributed by atoms with Gasteiger partial charge >= 0.3 is 0 Å². The Hall–Kier alpha value is -0.0400. The van der Waals surface area contributed by atoms with Crippen LogP contribution >= 0.6 is 0 Å². The van der Waals surface area contributed by atoms with Crippen LogP contribution in [0.4, 0.5) is 0 Å². The van der Waals surface area contributed by atoms with Crippen molar-refractivity contribution in [3.63, 3.8) is 0 Å². The standard InChI is InChI=1S/C14H27N/c1-3-14(8-9-14)11-15-10-13-6-4-12(2)5-7-13/h12-13,15H,3-11H2,1-2H3. The summed E-state index contributed by atoms with van der Waals surface area (Å²) in [5.41, 5.74) is 0.724. The molecule has 2 fully saturated rings. The predicted molar refractivity (Wildman–Crippen MR) is 65.9 cm³/mol. The third-order valence-corrected chi connectivity index (χ3v) is 4.78. The minimum absolute atomic E-state index is 0.724. The molecule has 1 N–H and O–H groups in total. The fourth-order valence-corrected chi connectivity index (χ4v) is 2.91. The van der Waals surface area contributed by atoms with Crippen molar-refractivity contribution in [2.45, 2.75) is 58.8 Å². The van der Waals surface area contributed by atoms with E-state index in [2.05, 4.69) is 19.2 Å². The van der Waals surface area contributed by atoms with Gasteiger partial charge in [-0.3, -0.25) is 0 Å². The Morgan fingerprint density at radius 2 is 1.80 bits per heavy atom. The molecule has 0 heterocycles. The van der Waals surface area contributed by atoms with E-state index >= 15 is 0 Å². The average molecular weight is 209 g/mol. The van der Waals surface area contributed by atoms with Gasteiger partial charge in [-0.15, -0.1) is 0 Å². The smallest absolute Gasteiger partial charge is 0.000783 e. The third kappa shape index (κ3) is 3.21. The molecule has 2 aliphatic carbocycles. The van der Waals surface area contributed by atoms with Gasteiger partial charge < -0.3 is 5.32 Å². The van der Waals surface area contributed by atoms with Gasteiger partial charge in [0.05, 0.1) is 0 Å². The van der Waals surface area contributed by atoms with Crippen LogP contribution in [0, 0.1) is 17.3 Å². The quantitative estimate of drug-likeness (QED) is 0.729. The molecule has 2 rings (SSSR count). The summed E-state index contributed by atoms with van der Waals surface area (Å²) < 4.78 is 0. The molecule has 1 nitrogen and oxygen atoms in total. The molecule has 0 radical (unpaired) electrons. The van der Waals surface area contributed by atoms with E-state index in [4.69, 9.17) is 0 Å². The van der Waals surface area contributed by atoms with Crippen molar-refractivity contribution in [2.24, 2.45) is 17.3 Å². The molecule has 0 amide bonds. The van der Waals surface area contributed by atoms with Gasteiger partial charge in [-0.1, -0.05) is 26.7 Å². The lowest BCUT2D eigenvalue weighted by Crippen LogP contribution is -2.30. The highest BCUT2D eigenvalue weighted by Gasteiger charge is 2.39. The van der Waals surface area contributed by atoms with Crippen molar-refractivity contribution < 1.29 is 0 Å². The lowest BCUT2D eigenvalue weighted by molar-refractivity contribution is 0.275. The Morgan fingerprint density at radius 3 is 2.33 bits per heavy atom. The SMILES string of the molecule is CCC1(CNCC2CCC(C)CC2)CC1. The Labute approximate surface area is 95.0 Å². The first-order valence-corrected chi connectivity index (χ1v) is 6.95. The van der Waals surface area contributed by atoms with E-state index in [-0.39, 0.29) is 0 Å². The van der Waals surface area contributed by atoms with Crippen LogP contribution in [0.1, 0.15) is 58.8 Å². The van der Waals surface area contributed by atoms with Crippen LogP contribution in [0.5, 0.6) is 0 Å². The third-order valence-electron chi connectivity index (χ3n) is 4.78. The molecule has 0 saturated heterocycles. The topological polar surface area (TPSA) is 12.0 Å². The van der Waals surface area contributed by atoms with Crippen molar-refractivity contribution in [3.05, 3.63) is 0 Å². The van der Waals surface area contributed by atoms with Crippen molar-refractivity contribution in [2.75, 3.05) is 13.1 Å². The lowest BCUT2D eigenvalue weighted by Gasteiger charge is -2.27. The molecule has 0 aromatic carbocycles. The van der Waals surface area contributed by atoms with Crippen molar-refractivity contribution >= 4 is 0 Å². The van der Waals surface area contributed by atoms with Crippen molar-refractivity contribution in [3.8, 4) is 0 Å². The molecule has 0 aliphatic heterocycles. The molecular formula is C14H27N. The molecule has 1 heteroatoms. The zero-order chi connectivity index (χ0) is 10.7. The van der Waals surface area contributed by atoms with Crippen molar-refractivity contribution in [1.29, 1.82) is 0 Å². The Balaban J connectivity index is 1.58. The number of rotatable bonds is 5. The molecule has 15 heavy (non-hydrogen) atoms. The summed E-state index contributed by atoms with van der Waals surface area (Å²) in [5, 5.41) is 3.72. The second-order valence-electron chi connectivity index (χ2n) is 6.11. The summed E-state index contributed by atoms with van der Waals surface area (Å²) >= 11 is 0. The van der Waals surface area contributed by atoms with E-state index < -0.39 is 0 Å². The Morgan fingerprint density at radius 1 is 1.13 bits per heavy atom. The summed E-state index contributed by atoms with van der Waals surface area (Å²) in [7, 11) is 0. The summed E-state index contributed by atoms with van der Waals surface area (Å²) in [6.45, 7) is 7.32. The van der Waals surface area contributed by atoms with Gasteiger partial charge in [-0.25, -0.2) is 0 Å². The van der Waals surface area contributed by atoms with Gasteiger partial charge in [-0.2, -0.15) is 0 Å². The number of hydrogen-bond acceptors (Lipinski definition) is 1. The molecule has 2 aliphatic rings. The zero-order valence-electron chi connectivity index (χ0n) is 10.5. The molecule has 0 bridgehead atoms. The van der Waals surface area contributed by atoms with Gasteiger partial charge in [0.15, 0.2) is 0 Å². The maximum atomic E-state index is 3.72. The second kappa shape index (κ2) is 4.86. The molecule has 0 aromatic heterocycles. The largest absolute Gasteiger partial charge is 0.316 e. The van der Waals surface area contributed by atoms with E-state index in [0.717, 1.165) is 17.3 Å². The second-order valence-corrected chi connectivity index (χ2v) is 6.11. The normalized spacial score (nSPS) is 34.0. The molecular weight excluding hydrogens is 182 g/mol. The first-order valence-electron chi connectivity index (χ1n) is 6.95. The average Bonchev–Trinajstić information content (AvgIpc) is 3.02. The molecule has 0 spiro atoms. The maximum Gasteiger partial charge on any atom is 0.000783 e. The Kier molecular flexibility index (Phi) is 3.71. The molecule has 0 aromatic rings. The first kappa shape index (κ1) is 11.4. The molecule has 2 saturated carbocycles. The van der Waals surface area contributed by atoms with E-state index in [0.29, 0.717) is 0 Å². The summed E-state index contributed by atoms with van der Waals surface area (Å²) in [5.74, 6) is 1.97. The highest BCUT2D eigenvalue weighted by atomic mass is 14.9. The first-order chi connectivity index (χ1) is 7.24. The highest BCUT2D eigenvalue weighted by Crippen LogP contribution is 2.47. The molecule has 0 atom stereocenters. The number of nitrogens with one attached hydrogen (secondary N) is 1.